The summed E-state index contributed by atoms with van der Waals surface area (Å²) < 4.78 is 10.4. The predicted octanol–water partition coefficient (Wildman–Crippen LogP) is 1.97. The molecule has 84 valence electrons. The molecule has 0 aliphatic rings. The lowest BCUT2D eigenvalue weighted by Gasteiger charge is -2.10. The molecule has 0 fully saturated rings. The van der Waals surface area contributed by atoms with Gasteiger partial charge < -0.3 is 14.6 Å². The monoisotopic (exact) mass is 274 g/mol. The van der Waals surface area contributed by atoms with E-state index in [1.165, 1.54) is 0 Å². The molecule has 0 bridgehead atoms. The number of alkyl halides is 1. The molecule has 0 saturated carbocycles. The fourth-order valence-corrected chi connectivity index (χ4v) is 1.32. The molecule has 4 heteroatoms. The van der Waals surface area contributed by atoms with Crippen LogP contribution in [0.25, 0.3) is 0 Å². The standard InChI is InChI=1S/C11H15BrO3/c1-14-7-9-3-2-4-11(5-9)15-8-10(13)6-12/h2-5,10,13H,6-8H2,1H3. The summed E-state index contributed by atoms with van der Waals surface area (Å²) in [6.45, 7) is 0.861. The second kappa shape index (κ2) is 6.82. The first-order valence-corrected chi connectivity index (χ1v) is 5.83. The van der Waals surface area contributed by atoms with Gasteiger partial charge in [-0.05, 0) is 17.7 Å². The molecule has 1 aromatic rings. The van der Waals surface area contributed by atoms with Crippen molar-refractivity contribution in [3.05, 3.63) is 29.8 Å². The number of rotatable bonds is 6. The van der Waals surface area contributed by atoms with Gasteiger partial charge in [-0.15, -0.1) is 0 Å². The smallest absolute Gasteiger partial charge is 0.119 e. The molecule has 1 N–H and O–H groups in total. The minimum atomic E-state index is -0.476. The first-order chi connectivity index (χ1) is 7.26. The van der Waals surface area contributed by atoms with Crippen LogP contribution in [0.2, 0.25) is 0 Å². The zero-order chi connectivity index (χ0) is 11.1. The van der Waals surface area contributed by atoms with E-state index >= 15 is 0 Å². The molecule has 1 rings (SSSR count). The van der Waals surface area contributed by atoms with Crippen molar-refractivity contribution in [3.63, 3.8) is 0 Å². The maximum Gasteiger partial charge on any atom is 0.119 e. The van der Waals surface area contributed by atoms with E-state index in [1.807, 2.05) is 24.3 Å². The number of ether oxygens (including phenoxy) is 2. The molecule has 0 heterocycles. The van der Waals surface area contributed by atoms with Gasteiger partial charge in [0, 0.05) is 12.4 Å². The summed E-state index contributed by atoms with van der Waals surface area (Å²) in [5, 5.41) is 9.81. The largest absolute Gasteiger partial charge is 0.491 e. The Morgan fingerprint density at radius 2 is 2.27 bits per heavy atom. The van der Waals surface area contributed by atoms with Crippen LogP contribution in [-0.4, -0.2) is 30.3 Å². The van der Waals surface area contributed by atoms with Gasteiger partial charge in [0.2, 0.25) is 0 Å². The summed E-state index contributed by atoms with van der Waals surface area (Å²) in [5.74, 6) is 0.754. The third-order valence-electron chi connectivity index (χ3n) is 1.83. The lowest BCUT2D eigenvalue weighted by molar-refractivity contribution is 0.127. The third kappa shape index (κ3) is 4.64. The summed E-state index contributed by atoms with van der Waals surface area (Å²) in [4.78, 5) is 0. The van der Waals surface area contributed by atoms with Crippen LogP contribution >= 0.6 is 15.9 Å². The number of halogens is 1. The van der Waals surface area contributed by atoms with Crippen LogP contribution in [0.15, 0.2) is 24.3 Å². The van der Waals surface area contributed by atoms with Gasteiger partial charge in [-0.1, -0.05) is 28.1 Å². The Bertz CT molecular complexity index is 291. The number of benzene rings is 1. The lowest BCUT2D eigenvalue weighted by Crippen LogP contribution is -2.18. The van der Waals surface area contributed by atoms with Crippen molar-refractivity contribution < 1.29 is 14.6 Å². The highest BCUT2D eigenvalue weighted by molar-refractivity contribution is 9.09. The Hall–Kier alpha value is -0.580. The maximum atomic E-state index is 9.30. The molecule has 0 radical (unpaired) electrons. The van der Waals surface area contributed by atoms with Gasteiger partial charge in [0.25, 0.3) is 0 Å². The fraction of sp³-hybridized carbons (Fsp3) is 0.455. The Morgan fingerprint density at radius 3 is 2.93 bits per heavy atom. The van der Waals surface area contributed by atoms with Crippen molar-refractivity contribution >= 4 is 15.9 Å². The van der Waals surface area contributed by atoms with Crippen molar-refractivity contribution in [3.8, 4) is 5.75 Å². The zero-order valence-corrected chi connectivity index (χ0v) is 10.2. The highest BCUT2D eigenvalue weighted by Gasteiger charge is 2.03. The van der Waals surface area contributed by atoms with Crippen LogP contribution in [0.1, 0.15) is 5.56 Å². The highest BCUT2D eigenvalue weighted by Crippen LogP contribution is 2.14. The Kier molecular flexibility index (Phi) is 5.68. The van der Waals surface area contributed by atoms with E-state index in [0.717, 1.165) is 11.3 Å². The second-order valence-corrected chi connectivity index (χ2v) is 3.85. The summed E-state index contributed by atoms with van der Waals surface area (Å²) >= 11 is 3.18. The molecule has 0 aromatic heterocycles. The number of aliphatic hydroxyl groups is 1. The Labute approximate surface area is 98.1 Å². The number of methoxy groups -OCH3 is 1. The summed E-state index contributed by atoms with van der Waals surface area (Å²) in [6.07, 6.45) is -0.476. The predicted molar refractivity (Wildman–Crippen MR) is 62.5 cm³/mol. The average molecular weight is 275 g/mol. The summed E-state index contributed by atoms with van der Waals surface area (Å²) in [5.41, 5.74) is 1.06. The Morgan fingerprint density at radius 1 is 1.47 bits per heavy atom. The van der Waals surface area contributed by atoms with E-state index < -0.39 is 6.10 Å². The van der Waals surface area contributed by atoms with E-state index in [1.54, 1.807) is 7.11 Å². The van der Waals surface area contributed by atoms with Crippen LogP contribution in [0.4, 0.5) is 0 Å². The van der Waals surface area contributed by atoms with Crippen LogP contribution in [-0.2, 0) is 11.3 Å². The lowest BCUT2D eigenvalue weighted by atomic mass is 10.2. The van der Waals surface area contributed by atoms with Crippen molar-refractivity contribution in [1.82, 2.24) is 0 Å². The van der Waals surface area contributed by atoms with Gasteiger partial charge in [0.15, 0.2) is 0 Å². The van der Waals surface area contributed by atoms with E-state index in [2.05, 4.69) is 15.9 Å². The van der Waals surface area contributed by atoms with Gasteiger partial charge in [0.05, 0.1) is 12.7 Å². The molecular formula is C11H15BrO3. The van der Waals surface area contributed by atoms with Crippen LogP contribution < -0.4 is 4.74 Å². The minimum Gasteiger partial charge on any atom is -0.491 e. The zero-order valence-electron chi connectivity index (χ0n) is 8.65. The third-order valence-corrected chi connectivity index (χ3v) is 2.58. The van der Waals surface area contributed by atoms with E-state index in [-0.39, 0.29) is 0 Å². The van der Waals surface area contributed by atoms with Crippen molar-refractivity contribution in [2.24, 2.45) is 0 Å². The van der Waals surface area contributed by atoms with Crippen molar-refractivity contribution in [2.45, 2.75) is 12.7 Å². The van der Waals surface area contributed by atoms with E-state index in [4.69, 9.17) is 9.47 Å². The van der Waals surface area contributed by atoms with E-state index in [9.17, 15) is 5.11 Å². The van der Waals surface area contributed by atoms with Crippen LogP contribution in [0.3, 0.4) is 0 Å². The van der Waals surface area contributed by atoms with Gasteiger partial charge in [-0.3, -0.25) is 0 Å². The SMILES string of the molecule is COCc1cccc(OCC(O)CBr)c1. The maximum absolute atomic E-state index is 9.30. The summed E-state index contributed by atoms with van der Waals surface area (Å²) in [6, 6.07) is 7.64. The molecule has 1 unspecified atom stereocenters. The minimum absolute atomic E-state index is 0.293. The normalized spacial score (nSPS) is 12.5. The topological polar surface area (TPSA) is 38.7 Å². The molecule has 1 aromatic carbocycles. The number of aliphatic hydroxyl groups excluding tert-OH is 1. The van der Waals surface area contributed by atoms with Crippen LogP contribution in [0.5, 0.6) is 5.75 Å². The van der Waals surface area contributed by atoms with Gasteiger partial charge in [-0.25, -0.2) is 0 Å². The molecule has 1 atom stereocenters. The number of hydrogen-bond acceptors (Lipinski definition) is 3. The van der Waals surface area contributed by atoms with E-state index in [0.29, 0.717) is 18.5 Å². The molecule has 0 saturated heterocycles. The first kappa shape index (κ1) is 12.5. The molecular weight excluding hydrogens is 260 g/mol. The fourth-order valence-electron chi connectivity index (χ4n) is 1.13. The first-order valence-electron chi connectivity index (χ1n) is 4.71. The van der Waals surface area contributed by atoms with Gasteiger partial charge >= 0.3 is 0 Å². The Balaban J connectivity index is 2.50. The second-order valence-electron chi connectivity index (χ2n) is 3.20. The molecule has 0 aliphatic carbocycles. The van der Waals surface area contributed by atoms with Crippen LogP contribution in [0, 0.1) is 0 Å². The molecule has 3 nitrogen and oxygen atoms in total. The van der Waals surface area contributed by atoms with Gasteiger partial charge in [0.1, 0.15) is 12.4 Å². The average Bonchev–Trinajstić information content (AvgIpc) is 2.27. The molecule has 0 aliphatic heterocycles. The van der Waals surface area contributed by atoms with Crippen molar-refractivity contribution in [2.75, 3.05) is 19.0 Å². The van der Waals surface area contributed by atoms with Crippen molar-refractivity contribution in [1.29, 1.82) is 0 Å². The van der Waals surface area contributed by atoms with Gasteiger partial charge in [-0.2, -0.15) is 0 Å². The number of hydrogen-bond donors (Lipinski definition) is 1. The quantitative estimate of drug-likeness (QED) is 0.807. The molecule has 15 heavy (non-hydrogen) atoms. The highest BCUT2D eigenvalue weighted by atomic mass is 79.9. The molecule has 0 amide bonds. The summed E-state index contributed by atoms with van der Waals surface area (Å²) in [7, 11) is 1.65. The molecule has 0 spiro atoms.